The molecule has 0 aromatic carbocycles. The molecule has 2 heterocycles. The van der Waals surface area contributed by atoms with E-state index in [0.29, 0.717) is 19.5 Å². The van der Waals surface area contributed by atoms with Crippen molar-refractivity contribution in [1.82, 2.24) is 14.7 Å². The molecule has 18 heavy (non-hydrogen) atoms. The van der Waals surface area contributed by atoms with E-state index in [1.807, 2.05) is 0 Å². The summed E-state index contributed by atoms with van der Waals surface area (Å²) in [5.41, 5.74) is -0.0330. The van der Waals surface area contributed by atoms with Crippen LogP contribution in [0, 0.1) is 10.1 Å². The van der Waals surface area contributed by atoms with Crippen molar-refractivity contribution < 1.29 is 14.8 Å². The molecule has 0 bridgehead atoms. The largest absolute Gasteiger partial charge is 0.465 e. The van der Waals surface area contributed by atoms with Crippen LogP contribution in [0.4, 0.5) is 10.5 Å². The van der Waals surface area contributed by atoms with Gasteiger partial charge in [0, 0.05) is 13.1 Å². The second-order valence-corrected chi connectivity index (χ2v) is 4.29. The minimum absolute atomic E-state index is 0.0306. The van der Waals surface area contributed by atoms with Gasteiger partial charge in [0.25, 0.3) is 0 Å². The molecule has 1 amide bonds. The number of nitro groups is 1. The molecule has 1 unspecified atom stereocenters. The number of carboxylic acid groups (broad SMARTS) is 1. The Bertz CT molecular complexity index is 458. The van der Waals surface area contributed by atoms with E-state index in [4.69, 9.17) is 5.11 Å². The highest BCUT2D eigenvalue weighted by Crippen LogP contribution is 2.23. The zero-order valence-electron chi connectivity index (χ0n) is 9.73. The molecule has 1 fully saturated rings. The topological polar surface area (TPSA) is 102 Å². The lowest BCUT2D eigenvalue weighted by Gasteiger charge is -2.16. The maximum atomic E-state index is 10.9. The Morgan fingerprint density at radius 2 is 2.28 bits per heavy atom. The van der Waals surface area contributed by atoms with E-state index in [1.54, 1.807) is 4.68 Å². The Labute approximate surface area is 103 Å². The monoisotopic (exact) mass is 254 g/mol. The second kappa shape index (κ2) is 5.03. The first kappa shape index (κ1) is 12.3. The van der Waals surface area contributed by atoms with Crippen LogP contribution < -0.4 is 0 Å². The van der Waals surface area contributed by atoms with Crippen LogP contribution in [0.25, 0.3) is 0 Å². The summed E-state index contributed by atoms with van der Waals surface area (Å²) in [7, 11) is 0. The van der Waals surface area contributed by atoms with Gasteiger partial charge in [-0.25, -0.2) is 4.79 Å². The minimum atomic E-state index is -0.915. The molecule has 1 N–H and O–H groups in total. The predicted octanol–water partition coefficient (Wildman–Crippen LogP) is 1.50. The van der Waals surface area contributed by atoms with E-state index in [9.17, 15) is 14.9 Å². The number of hydrogen-bond donors (Lipinski definition) is 1. The molecule has 1 atom stereocenters. The van der Waals surface area contributed by atoms with E-state index in [2.05, 4.69) is 5.10 Å². The Balaban J connectivity index is 2.05. The average Bonchev–Trinajstić information content (AvgIpc) is 2.67. The molecule has 1 saturated heterocycles. The Kier molecular flexibility index (Phi) is 3.45. The van der Waals surface area contributed by atoms with Crippen molar-refractivity contribution in [3.63, 3.8) is 0 Å². The number of rotatable bonds is 2. The summed E-state index contributed by atoms with van der Waals surface area (Å²) in [6.45, 7) is 0.947. The Morgan fingerprint density at radius 1 is 1.50 bits per heavy atom. The summed E-state index contributed by atoms with van der Waals surface area (Å²) >= 11 is 0. The van der Waals surface area contributed by atoms with Crippen molar-refractivity contribution in [2.45, 2.75) is 25.3 Å². The molecule has 1 aromatic rings. The molecule has 1 aliphatic rings. The zero-order valence-corrected chi connectivity index (χ0v) is 9.73. The Hall–Kier alpha value is -2.12. The van der Waals surface area contributed by atoms with Crippen LogP contribution in [0.15, 0.2) is 12.4 Å². The van der Waals surface area contributed by atoms with E-state index < -0.39 is 11.0 Å². The molecule has 0 spiro atoms. The smallest absolute Gasteiger partial charge is 0.407 e. The molecule has 98 valence electrons. The van der Waals surface area contributed by atoms with Crippen LogP contribution >= 0.6 is 0 Å². The van der Waals surface area contributed by atoms with Gasteiger partial charge in [-0.05, 0) is 19.3 Å². The molecule has 0 aliphatic carbocycles. The van der Waals surface area contributed by atoms with Crippen molar-refractivity contribution in [3.05, 3.63) is 22.5 Å². The predicted molar refractivity (Wildman–Crippen MR) is 61.4 cm³/mol. The lowest BCUT2D eigenvalue weighted by molar-refractivity contribution is -0.385. The van der Waals surface area contributed by atoms with Crippen molar-refractivity contribution in [1.29, 1.82) is 0 Å². The molecule has 0 saturated carbocycles. The van der Waals surface area contributed by atoms with Crippen LogP contribution in [0.1, 0.15) is 25.3 Å². The molecule has 0 radical (unpaired) electrons. The fourth-order valence-corrected chi connectivity index (χ4v) is 2.16. The van der Waals surface area contributed by atoms with Gasteiger partial charge in [-0.3, -0.25) is 14.8 Å². The molecule has 1 aliphatic heterocycles. The lowest BCUT2D eigenvalue weighted by atomic mass is 10.1. The number of nitrogens with zero attached hydrogens (tertiary/aromatic N) is 4. The van der Waals surface area contributed by atoms with Gasteiger partial charge in [0.15, 0.2) is 0 Å². The maximum absolute atomic E-state index is 10.9. The van der Waals surface area contributed by atoms with E-state index in [1.165, 1.54) is 17.3 Å². The number of likely N-dealkylation sites (tertiary alicyclic amines) is 1. The van der Waals surface area contributed by atoms with Crippen molar-refractivity contribution in [2.75, 3.05) is 13.1 Å². The van der Waals surface area contributed by atoms with E-state index in [-0.39, 0.29) is 11.7 Å². The van der Waals surface area contributed by atoms with Crippen LogP contribution in [-0.2, 0) is 0 Å². The normalized spacial score (nSPS) is 20.4. The standard InChI is InChI=1S/C10H14N4O4/c15-10(16)12-4-1-2-8(3-5-12)13-7-9(6-11-13)14(17)18/h6-8H,1-5H2,(H,15,16). The van der Waals surface area contributed by atoms with Crippen LogP contribution in [0.3, 0.4) is 0 Å². The first-order valence-corrected chi connectivity index (χ1v) is 5.74. The highest BCUT2D eigenvalue weighted by atomic mass is 16.6. The van der Waals surface area contributed by atoms with Crippen LogP contribution in [-0.4, -0.2) is 43.9 Å². The van der Waals surface area contributed by atoms with Gasteiger partial charge >= 0.3 is 11.8 Å². The van der Waals surface area contributed by atoms with Crippen LogP contribution in [0.2, 0.25) is 0 Å². The van der Waals surface area contributed by atoms with Gasteiger partial charge < -0.3 is 10.0 Å². The van der Waals surface area contributed by atoms with Crippen molar-refractivity contribution in [2.24, 2.45) is 0 Å². The quantitative estimate of drug-likeness (QED) is 0.636. The summed E-state index contributed by atoms with van der Waals surface area (Å²) in [6.07, 6.45) is 3.86. The highest BCUT2D eigenvalue weighted by molar-refractivity contribution is 5.64. The summed E-state index contributed by atoms with van der Waals surface area (Å²) in [4.78, 5) is 22.3. The SMILES string of the molecule is O=C(O)N1CCCC(n2cc([N+](=O)[O-])cn2)CC1. The maximum Gasteiger partial charge on any atom is 0.407 e. The van der Waals surface area contributed by atoms with Crippen LogP contribution in [0.5, 0.6) is 0 Å². The molecule has 8 heteroatoms. The second-order valence-electron chi connectivity index (χ2n) is 4.29. The van der Waals surface area contributed by atoms with Gasteiger partial charge in [0.1, 0.15) is 12.4 Å². The first-order chi connectivity index (χ1) is 8.58. The van der Waals surface area contributed by atoms with E-state index >= 15 is 0 Å². The van der Waals surface area contributed by atoms with Crippen molar-refractivity contribution >= 4 is 11.8 Å². The Morgan fingerprint density at radius 3 is 2.89 bits per heavy atom. The minimum Gasteiger partial charge on any atom is -0.465 e. The summed E-state index contributed by atoms with van der Waals surface area (Å²) in [5.74, 6) is 0. The summed E-state index contributed by atoms with van der Waals surface area (Å²) < 4.78 is 1.57. The molecule has 1 aromatic heterocycles. The number of amides is 1. The summed E-state index contributed by atoms with van der Waals surface area (Å²) in [5, 5.41) is 23.5. The molecule has 8 nitrogen and oxygen atoms in total. The third-order valence-corrected chi connectivity index (χ3v) is 3.14. The third-order valence-electron chi connectivity index (χ3n) is 3.14. The fraction of sp³-hybridized carbons (Fsp3) is 0.600. The number of aromatic nitrogens is 2. The van der Waals surface area contributed by atoms with Crippen molar-refractivity contribution in [3.8, 4) is 0 Å². The molecular formula is C10H14N4O4. The van der Waals surface area contributed by atoms with Gasteiger partial charge in [-0.1, -0.05) is 0 Å². The number of hydrogen-bond acceptors (Lipinski definition) is 4. The zero-order chi connectivity index (χ0) is 13.1. The van der Waals surface area contributed by atoms with Gasteiger partial charge in [-0.2, -0.15) is 5.10 Å². The highest BCUT2D eigenvalue weighted by Gasteiger charge is 2.22. The molecule has 2 rings (SSSR count). The summed E-state index contributed by atoms with van der Waals surface area (Å²) in [6, 6.07) is 0.0306. The van der Waals surface area contributed by atoms with Gasteiger partial charge in [-0.15, -0.1) is 0 Å². The molecular weight excluding hydrogens is 240 g/mol. The van der Waals surface area contributed by atoms with E-state index in [0.717, 1.165) is 12.8 Å². The first-order valence-electron chi connectivity index (χ1n) is 5.74. The third kappa shape index (κ3) is 2.58. The fourth-order valence-electron chi connectivity index (χ4n) is 2.16. The average molecular weight is 254 g/mol. The van der Waals surface area contributed by atoms with Gasteiger partial charge in [0.2, 0.25) is 0 Å². The number of carbonyl (C=O) groups is 1. The van der Waals surface area contributed by atoms with Gasteiger partial charge in [0.05, 0.1) is 11.0 Å². The lowest BCUT2D eigenvalue weighted by Crippen LogP contribution is -2.30.